The lowest BCUT2D eigenvalue weighted by molar-refractivity contribution is 0.0513. The fraction of sp³-hybridized carbons (Fsp3) is 1.00. The molecule has 0 aromatic rings. The van der Waals surface area contributed by atoms with E-state index in [2.05, 4.69) is 30.6 Å². The minimum atomic E-state index is 0.343. The average Bonchev–Trinajstić information content (AvgIpc) is 2.75. The Kier molecular flexibility index (Phi) is 4.45. The molecule has 0 amide bonds. The molecule has 2 N–H and O–H groups in total. The molecule has 0 aromatic heterocycles. The average molecular weight is 239 g/mol. The van der Waals surface area contributed by atoms with E-state index in [0.29, 0.717) is 18.0 Å². The van der Waals surface area contributed by atoms with Gasteiger partial charge in [-0.3, -0.25) is 9.80 Å². The molecule has 0 bridgehead atoms. The Bertz CT molecular complexity index is 244. The third kappa shape index (κ3) is 3.01. The summed E-state index contributed by atoms with van der Waals surface area (Å²) < 4.78 is 0. The number of rotatable bonds is 4. The molecule has 100 valence electrons. The fourth-order valence-electron chi connectivity index (χ4n) is 3.26. The molecular weight excluding hydrogens is 210 g/mol. The Labute approximate surface area is 106 Å². The van der Waals surface area contributed by atoms with Gasteiger partial charge in [0, 0.05) is 37.8 Å². The zero-order valence-corrected chi connectivity index (χ0v) is 11.7. The van der Waals surface area contributed by atoms with Crippen LogP contribution in [0.3, 0.4) is 0 Å². The van der Waals surface area contributed by atoms with Gasteiger partial charge in [-0.25, -0.2) is 0 Å². The molecule has 3 heteroatoms. The maximum atomic E-state index is 6.30. The van der Waals surface area contributed by atoms with Crippen molar-refractivity contribution in [1.29, 1.82) is 0 Å². The molecular formula is C14H29N3. The van der Waals surface area contributed by atoms with Gasteiger partial charge in [0.15, 0.2) is 0 Å². The first-order chi connectivity index (χ1) is 8.11. The van der Waals surface area contributed by atoms with Crippen molar-refractivity contribution in [3.8, 4) is 0 Å². The summed E-state index contributed by atoms with van der Waals surface area (Å²) in [6.07, 6.45) is 3.98. The van der Waals surface area contributed by atoms with Gasteiger partial charge in [-0.1, -0.05) is 20.3 Å². The molecule has 2 aliphatic rings. The van der Waals surface area contributed by atoms with Gasteiger partial charge in [0.05, 0.1) is 0 Å². The van der Waals surface area contributed by atoms with Crippen molar-refractivity contribution in [2.45, 2.75) is 58.2 Å². The smallest absolute Gasteiger partial charge is 0.0224 e. The standard InChI is InChI=1S/C14H29N3/c1-4-11(2)14(15)10-17-9-13-6-5-7-16(13)8-12(17)3/h11-14H,4-10,15H2,1-3H3. The van der Waals surface area contributed by atoms with Crippen molar-refractivity contribution in [2.24, 2.45) is 11.7 Å². The number of fused-ring (bicyclic) bond motifs is 1. The van der Waals surface area contributed by atoms with E-state index in [4.69, 9.17) is 5.73 Å². The normalized spacial score (nSPS) is 34.6. The lowest BCUT2D eigenvalue weighted by atomic mass is 9.98. The van der Waals surface area contributed by atoms with Crippen molar-refractivity contribution in [2.75, 3.05) is 26.2 Å². The second-order valence-corrected chi connectivity index (χ2v) is 6.14. The third-order valence-corrected chi connectivity index (χ3v) is 4.89. The van der Waals surface area contributed by atoms with Crippen LogP contribution in [0.25, 0.3) is 0 Å². The van der Waals surface area contributed by atoms with Crippen LogP contribution in [0.2, 0.25) is 0 Å². The van der Waals surface area contributed by atoms with Crippen molar-refractivity contribution in [3.05, 3.63) is 0 Å². The van der Waals surface area contributed by atoms with E-state index in [0.717, 1.165) is 12.6 Å². The Morgan fingerprint density at radius 1 is 1.35 bits per heavy atom. The molecule has 0 spiro atoms. The molecule has 4 unspecified atom stereocenters. The third-order valence-electron chi connectivity index (χ3n) is 4.89. The summed E-state index contributed by atoms with van der Waals surface area (Å²) in [5.74, 6) is 0.642. The minimum Gasteiger partial charge on any atom is -0.326 e. The van der Waals surface area contributed by atoms with Crippen LogP contribution in [0.5, 0.6) is 0 Å². The summed E-state index contributed by atoms with van der Waals surface area (Å²) in [5.41, 5.74) is 6.30. The van der Waals surface area contributed by atoms with Crippen molar-refractivity contribution >= 4 is 0 Å². The highest BCUT2D eigenvalue weighted by Gasteiger charge is 2.34. The van der Waals surface area contributed by atoms with E-state index in [1.807, 2.05) is 0 Å². The molecule has 0 saturated carbocycles. The summed E-state index contributed by atoms with van der Waals surface area (Å²) in [6, 6.07) is 1.84. The predicted octanol–water partition coefficient (Wildman–Crippen LogP) is 1.53. The van der Waals surface area contributed by atoms with Crippen LogP contribution >= 0.6 is 0 Å². The number of piperazine rings is 1. The van der Waals surface area contributed by atoms with E-state index < -0.39 is 0 Å². The van der Waals surface area contributed by atoms with Crippen LogP contribution in [-0.4, -0.2) is 54.1 Å². The Hall–Kier alpha value is -0.120. The first-order valence-corrected chi connectivity index (χ1v) is 7.35. The van der Waals surface area contributed by atoms with E-state index in [-0.39, 0.29) is 0 Å². The highest BCUT2D eigenvalue weighted by Crippen LogP contribution is 2.25. The molecule has 0 aromatic carbocycles. The Morgan fingerprint density at radius 3 is 2.82 bits per heavy atom. The minimum absolute atomic E-state index is 0.343. The number of nitrogens with zero attached hydrogens (tertiary/aromatic N) is 2. The van der Waals surface area contributed by atoms with Gasteiger partial charge in [-0.2, -0.15) is 0 Å². The Balaban J connectivity index is 1.87. The zero-order valence-electron chi connectivity index (χ0n) is 11.7. The lowest BCUT2D eigenvalue weighted by Crippen LogP contribution is -2.57. The van der Waals surface area contributed by atoms with Gasteiger partial charge < -0.3 is 5.73 Å². The van der Waals surface area contributed by atoms with Gasteiger partial charge in [0.2, 0.25) is 0 Å². The van der Waals surface area contributed by atoms with Crippen LogP contribution in [0.4, 0.5) is 0 Å². The summed E-state index contributed by atoms with van der Waals surface area (Å²) in [7, 11) is 0. The van der Waals surface area contributed by atoms with Gasteiger partial charge in [0.1, 0.15) is 0 Å². The van der Waals surface area contributed by atoms with Gasteiger partial charge in [-0.15, -0.1) is 0 Å². The van der Waals surface area contributed by atoms with E-state index in [9.17, 15) is 0 Å². The summed E-state index contributed by atoms with van der Waals surface area (Å²) in [5, 5.41) is 0. The van der Waals surface area contributed by atoms with Crippen molar-refractivity contribution in [1.82, 2.24) is 9.80 Å². The van der Waals surface area contributed by atoms with E-state index in [1.165, 1.54) is 38.9 Å². The molecule has 0 radical (unpaired) electrons. The molecule has 3 nitrogen and oxygen atoms in total. The molecule has 0 aliphatic carbocycles. The lowest BCUT2D eigenvalue weighted by Gasteiger charge is -2.43. The summed E-state index contributed by atoms with van der Waals surface area (Å²) in [4.78, 5) is 5.30. The van der Waals surface area contributed by atoms with Crippen LogP contribution in [0.1, 0.15) is 40.0 Å². The largest absolute Gasteiger partial charge is 0.326 e. The van der Waals surface area contributed by atoms with Crippen LogP contribution in [0.15, 0.2) is 0 Å². The second-order valence-electron chi connectivity index (χ2n) is 6.14. The highest BCUT2D eigenvalue weighted by atomic mass is 15.3. The zero-order chi connectivity index (χ0) is 12.4. The predicted molar refractivity (Wildman–Crippen MR) is 73.1 cm³/mol. The number of hydrogen-bond donors (Lipinski definition) is 1. The first kappa shape index (κ1) is 13.3. The highest BCUT2D eigenvalue weighted by molar-refractivity contribution is 4.91. The summed E-state index contributed by atoms with van der Waals surface area (Å²) >= 11 is 0. The van der Waals surface area contributed by atoms with Gasteiger partial charge >= 0.3 is 0 Å². The van der Waals surface area contributed by atoms with Crippen molar-refractivity contribution < 1.29 is 0 Å². The quantitative estimate of drug-likeness (QED) is 0.807. The topological polar surface area (TPSA) is 32.5 Å². The maximum Gasteiger partial charge on any atom is 0.0224 e. The summed E-state index contributed by atoms with van der Waals surface area (Å²) in [6.45, 7) is 11.8. The SMILES string of the molecule is CCC(C)C(N)CN1CC2CCCN2CC1C. The molecule has 2 saturated heterocycles. The molecule has 4 atom stereocenters. The fourth-order valence-corrected chi connectivity index (χ4v) is 3.26. The van der Waals surface area contributed by atoms with E-state index in [1.54, 1.807) is 0 Å². The van der Waals surface area contributed by atoms with Crippen LogP contribution < -0.4 is 5.73 Å². The molecule has 2 heterocycles. The second kappa shape index (κ2) is 5.68. The van der Waals surface area contributed by atoms with Gasteiger partial charge in [0.25, 0.3) is 0 Å². The van der Waals surface area contributed by atoms with Crippen molar-refractivity contribution in [3.63, 3.8) is 0 Å². The number of hydrogen-bond acceptors (Lipinski definition) is 3. The molecule has 2 aliphatic heterocycles. The molecule has 2 rings (SSSR count). The first-order valence-electron chi connectivity index (χ1n) is 7.35. The molecule has 2 fully saturated rings. The van der Waals surface area contributed by atoms with Crippen LogP contribution in [-0.2, 0) is 0 Å². The van der Waals surface area contributed by atoms with E-state index >= 15 is 0 Å². The maximum absolute atomic E-state index is 6.30. The Morgan fingerprint density at radius 2 is 2.12 bits per heavy atom. The monoisotopic (exact) mass is 239 g/mol. The number of nitrogens with two attached hydrogens (primary N) is 1. The van der Waals surface area contributed by atoms with Gasteiger partial charge in [-0.05, 0) is 32.2 Å². The molecule has 17 heavy (non-hydrogen) atoms. The van der Waals surface area contributed by atoms with Crippen LogP contribution in [0, 0.1) is 5.92 Å².